The van der Waals surface area contributed by atoms with Crippen LogP contribution in [0, 0.1) is 0 Å². The van der Waals surface area contributed by atoms with E-state index >= 15 is 0 Å². The summed E-state index contributed by atoms with van der Waals surface area (Å²) < 4.78 is 0. The average Bonchev–Trinajstić information content (AvgIpc) is 2.78. The van der Waals surface area contributed by atoms with Crippen molar-refractivity contribution in [1.82, 2.24) is 26.6 Å². The van der Waals surface area contributed by atoms with Crippen molar-refractivity contribution in [3.05, 3.63) is 0 Å². The molecule has 0 spiro atoms. The summed E-state index contributed by atoms with van der Waals surface area (Å²) >= 11 is 0. The molecule has 14 N–H and O–H groups in total. The maximum atomic E-state index is 12.3. The van der Waals surface area contributed by atoms with E-state index in [-0.39, 0.29) is 0 Å². The van der Waals surface area contributed by atoms with E-state index in [1.54, 1.807) is 0 Å². The molecule has 0 aromatic carbocycles. The van der Waals surface area contributed by atoms with E-state index < -0.39 is 110 Å². The van der Waals surface area contributed by atoms with Crippen LogP contribution in [0.5, 0.6) is 0 Å². The number of hydrogen-bond donors (Lipinski definition) is 10. The zero-order chi connectivity index (χ0) is 28.7. The monoisotopic (exact) mass is 531 g/mol. The number of hydrogen-bond acceptors (Lipinski definition) is 10. The Bertz CT molecular complexity index is 939. The standard InChI is InChI=1S/C18H29N9O10/c19-4-13(31)25-7(1-10(20)28)16(34)23-5-14(32)26-8(2-11(21)29)17(35)24-6-15(33)27-9(18(36)37)3-12(22)30/h7-9H,1-6,19H2,(H2,20,28)(H2,21,29)(H2,22,30)(H,23,34)(H,24,35)(H,25,31)(H,26,32)(H,27,33)(H,36,37)/t7-,8-,9-/m0/s1. The molecule has 0 aliphatic carbocycles. The summed E-state index contributed by atoms with van der Waals surface area (Å²) in [4.78, 5) is 104. The third kappa shape index (κ3) is 14.2. The van der Waals surface area contributed by atoms with Gasteiger partial charge in [-0.3, -0.25) is 38.4 Å². The second kappa shape index (κ2) is 16.0. The van der Waals surface area contributed by atoms with Crippen LogP contribution in [-0.2, 0) is 43.2 Å². The largest absolute Gasteiger partial charge is 0.480 e. The van der Waals surface area contributed by atoms with E-state index in [1.807, 2.05) is 10.6 Å². The topological polar surface area (TPSA) is 338 Å². The number of carboxylic acids is 1. The SMILES string of the molecule is NCC(=O)N[C@@H](CC(N)=O)C(=O)NCC(=O)N[C@@H](CC(N)=O)C(=O)NCC(=O)N[C@@H](CC(N)=O)C(=O)O. The number of amides is 8. The van der Waals surface area contributed by atoms with Gasteiger partial charge >= 0.3 is 5.97 Å². The van der Waals surface area contributed by atoms with Gasteiger partial charge in [0.1, 0.15) is 18.1 Å². The van der Waals surface area contributed by atoms with Crippen molar-refractivity contribution in [2.75, 3.05) is 19.6 Å². The number of nitrogens with two attached hydrogens (primary N) is 4. The van der Waals surface area contributed by atoms with Crippen molar-refractivity contribution in [1.29, 1.82) is 0 Å². The quantitative estimate of drug-likeness (QED) is 0.0839. The highest BCUT2D eigenvalue weighted by Gasteiger charge is 2.27. The number of aliphatic carboxylic acids is 1. The summed E-state index contributed by atoms with van der Waals surface area (Å²) in [5.41, 5.74) is 20.1. The van der Waals surface area contributed by atoms with Crippen LogP contribution in [0.15, 0.2) is 0 Å². The van der Waals surface area contributed by atoms with Crippen molar-refractivity contribution < 1.29 is 48.3 Å². The Labute approximate surface area is 208 Å². The van der Waals surface area contributed by atoms with Gasteiger partial charge in [-0.15, -0.1) is 0 Å². The van der Waals surface area contributed by atoms with Gasteiger partial charge in [-0.1, -0.05) is 0 Å². The molecule has 0 saturated carbocycles. The highest BCUT2D eigenvalue weighted by atomic mass is 16.4. The lowest BCUT2D eigenvalue weighted by Gasteiger charge is -2.19. The predicted molar refractivity (Wildman–Crippen MR) is 120 cm³/mol. The number of carbonyl (C=O) groups is 9. The van der Waals surface area contributed by atoms with Crippen LogP contribution in [0.25, 0.3) is 0 Å². The van der Waals surface area contributed by atoms with Crippen LogP contribution < -0.4 is 49.5 Å². The Morgan fingerprint density at radius 3 is 1.22 bits per heavy atom. The summed E-state index contributed by atoms with van der Waals surface area (Å²) in [7, 11) is 0. The highest BCUT2D eigenvalue weighted by molar-refractivity contribution is 5.97. The lowest BCUT2D eigenvalue weighted by atomic mass is 10.1. The maximum Gasteiger partial charge on any atom is 0.326 e. The fourth-order valence-corrected chi connectivity index (χ4v) is 2.55. The molecule has 0 aliphatic heterocycles. The minimum absolute atomic E-state index is 0.493. The molecule has 0 aromatic rings. The van der Waals surface area contributed by atoms with E-state index in [1.165, 1.54) is 0 Å². The maximum absolute atomic E-state index is 12.3. The minimum atomic E-state index is -1.65. The molecule has 206 valence electrons. The van der Waals surface area contributed by atoms with Gasteiger partial charge in [0, 0.05) is 0 Å². The van der Waals surface area contributed by atoms with E-state index in [4.69, 9.17) is 28.0 Å². The van der Waals surface area contributed by atoms with E-state index in [0.29, 0.717) is 0 Å². The first kappa shape index (κ1) is 32.2. The van der Waals surface area contributed by atoms with Gasteiger partial charge < -0.3 is 54.6 Å². The first-order valence-electron chi connectivity index (χ1n) is 10.4. The van der Waals surface area contributed by atoms with Crippen LogP contribution in [0.1, 0.15) is 19.3 Å². The third-order valence-electron chi connectivity index (χ3n) is 4.18. The Morgan fingerprint density at radius 1 is 0.568 bits per heavy atom. The van der Waals surface area contributed by atoms with Crippen molar-refractivity contribution >= 4 is 53.2 Å². The molecule has 0 heterocycles. The summed E-state index contributed by atoms with van der Waals surface area (Å²) in [6.07, 6.45) is -2.03. The molecule has 0 fully saturated rings. The smallest absolute Gasteiger partial charge is 0.326 e. The molecule has 0 radical (unpaired) electrons. The lowest BCUT2D eigenvalue weighted by molar-refractivity contribution is -0.143. The molecular formula is C18H29N9O10. The molecule has 0 aliphatic rings. The Balaban J connectivity index is 5.03. The average molecular weight is 531 g/mol. The van der Waals surface area contributed by atoms with Crippen molar-refractivity contribution in [3.8, 4) is 0 Å². The molecule has 3 atom stereocenters. The zero-order valence-corrected chi connectivity index (χ0v) is 19.4. The third-order valence-corrected chi connectivity index (χ3v) is 4.18. The van der Waals surface area contributed by atoms with Crippen molar-refractivity contribution in [2.45, 2.75) is 37.4 Å². The van der Waals surface area contributed by atoms with Gasteiger partial charge in [0.25, 0.3) is 0 Å². The Kier molecular flexibility index (Phi) is 13.9. The summed E-state index contributed by atoms with van der Waals surface area (Å²) in [5.74, 6) is -9.38. The molecule has 0 rings (SSSR count). The van der Waals surface area contributed by atoms with Crippen LogP contribution in [0.4, 0.5) is 0 Å². The van der Waals surface area contributed by atoms with Gasteiger partial charge in [0.15, 0.2) is 0 Å². The van der Waals surface area contributed by atoms with Crippen LogP contribution >= 0.6 is 0 Å². The summed E-state index contributed by atoms with van der Waals surface area (Å²) in [6.45, 7) is -2.07. The molecular weight excluding hydrogens is 502 g/mol. The van der Waals surface area contributed by atoms with Crippen LogP contribution in [0.2, 0.25) is 0 Å². The number of nitrogens with one attached hydrogen (secondary N) is 5. The first-order valence-corrected chi connectivity index (χ1v) is 10.4. The Morgan fingerprint density at radius 2 is 0.892 bits per heavy atom. The van der Waals surface area contributed by atoms with Crippen LogP contribution in [0.3, 0.4) is 0 Å². The number of carboxylic acid groups (broad SMARTS) is 1. The van der Waals surface area contributed by atoms with Crippen molar-refractivity contribution in [2.24, 2.45) is 22.9 Å². The zero-order valence-electron chi connectivity index (χ0n) is 19.4. The fourth-order valence-electron chi connectivity index (χ4n) is 2.55. The molecule has 0 aromatic heterocycles. The Hall–Kier alpha value is -4.81. The van der Waals surface area contributed by atoms with Gasteiger partial charge in [-0.2, -0.15) is 0 Å². The van der Waals surface area contributed by atoms with Gasteiger partial charge in [0.05, 0.1) is 38.9 Å². The number of primary amides is 3. The molecule has 8 amide bonds. The van der Waals surface area contributed by atoms with E-state index in [9.17, 15) is 43.2 Å². The normalized spacial score (nSPS) is 12.6. The van der Waals surface area contributed by atoms with E-state index in [0.717, 1.165) is 0 Å². The second-order valence-corrected chi connectivity index (χ2v) is 7.35. The van der Waals surface area contributed by atoms with E-state index in [2.05, 4.69) is 16.0 Å². The number of carbonyl (C=O) groups excluding carboxylic acids is 8. The molecule has 19 nitrogen and oxygen atoms in total. The fraction of sp³-hybridized carbons (Fsp3) is 0.500. The molecule has 0 bridgehead atoms. The predicted octanol–water partition coefficient (Wildman–Crippen LogP) is -7.66. The highest BCUT2D eigenvalue weighted by Crippen LogP contribution is 1.95. The van der Waals surface area contributed by atoms with Gasteiger partial charge in [-0.05, 0) is 0 Å². The molecule has 37 heavy (non-hydrogen) atoms. The van der Waals surface area contributed by atoms with Gasteiger partial charge in [0.2, 0.25) is 47.3 Å². The minimum Gasteiger partial charge on any atom is -0.480 e. The second-order valence-electron chi connectivity index (χ2n) is 7.35. The molecule has 19 heteroatoms. The molecule has 0 saturated heterocycles. The van der Waals surface area contributed by atoms with Crippen LogP contribution in [-0.4, -0.2) is 96.1 Å². The molecule has 0 unspecified atom stereocenters. The van der Waals surface area contributed by atoms with Crippen molar-refractivity contribution in [3.63, 3.8) is 0 Å². The summed E-state index contributed by atoms with van der Waals surface area (Å²) in [6, 6.07) is -4.69. The van der Waals surface area contributed by atoms with Gasteiger partial charge in [-0.25, -0.2) is 4.79 Å². The lowest BCUT2D eigenvalue weighted by Crippen LogP contribution is -2.55. The summed E-state index contributed by atoms with van der Waals surface area (Å²) in [5, 5.41) is 19.3. The number of rotatable bonds is 17. The first-order chi connectivity index (χ1) is 17.2.